The molecular formula is C26H20N4O4S2. The molecule has 8 nitrogen and oxygen atoms in total. The van der Waals surface area contributed by atoms with Crippen molar-refractivity contribution in [3.05, 3.63) is 75.4 Å². The molecule has 0 unspecified atom stereocenters. The number of aryl methyl sites for hydroxylation is 2. The van der Waals surface area contributed by atoms with Gasteiger partial charge in [-0.25, -0.2) is 9.98 Å². The Morgan fingerprint density at radius 3 is 2.72 bits per heavy atom. The number of amidine groups is 1. The molecule has 2 aliphatic rings. The SMILES string of the molecule is Cc1ccc(N2C(=O)/C(=C/c3ccc4c(c3)OCO4)N=C2SCC(=O)[C@@H](C#N)c2nc(C)cs2)cc1. The predicted octanol–water partition coefficient (Wildman–Crippen LogP) is 4.84. The number of Topliss-reactive ketones (excluding diaryl/α,β-unsaturated/α-hetero) is 1. The normalized spacial score (nSPS) is 16.2. The van der Waals surface area contributed by atoms with Gasteiger partial charge in [-0.3, -0.25) is 14.5 Å². The van der Waals surface area contributed by atoms with Crippen LogP contribution in [0.15, 0.2) is 58.5 Å². The van der Waals surface area contributed by atoms with Crippen molar-refractivity contribution in [1.29, 1.82) is 5.26 Å². The first-order valence-electron chi connectivity index (χ1n) is 11.0. The highest BCUT2D eigenvalue weighted by molar-refractivity contribution is 8.14. The average molecular weight is 517 g/mol. The number of hydrogen-bond acceptors (Lipinski definition) is 9. The van der Waals surface area contributed by atoms with Gasteiger partial charge in [0.2, 0.25) is 6.79 Å². The van der Waals surface area contributed by atoms with Crippen molar-refractivity contribution >= 4 is 51.7 Å². The van der Waals surface area contributed by atoms with Gasteiger partial charge in [-0.05, 0) is 49.8 Å². The van der Waals surface area contributed by atoms with Gasteiger partial charge in [-0.1, -0.05) is 35.5 Å². The highest BCUT2D eigenvalue weighted by Gasteiger charge is 2.33. The summed E-state index contributed by atoms with van der Waals surface area (Å²) in [4.78, 5) is 36.7. The summed E-state index contributed by atoms with van der Waals surface area (Å²) in [6, 6.07) is 14.9. The van der Waals surface area contributed by atoms with E-state index in [2.05, 4.69) is 16.0 Å². The van der Waals surface area contributed by atoms with Gasteiger partial charge in [0.05, 0.1) is 17.5 Å². The Kier molecular flexibility index (Phi) is 6.59. The summed E-state index contributed by atoms with van der Waals surface area (Å²) in [6.45, 7) is 3.94. The lowest BCUT2D eigenvalue weighted by Gasteiger charge is -2.18. The van der Waals surface area contributed by atoms with Crippen LogP contribution in [0.5, 0.6) is 11.5 Å². The minimum absolute atomic E-state index is 0.0252. The van der Waals surface area contributed by atoms with E-state index in [1.165, 1.54) is 16.2 Å². The van der Waals surface area contributed by atoms with Crippen LogP contribution in [0.3, 0.4) is 0 Å². The standard InChI is InChI=1S/C26H20N4O4S2/c1-15-3-6-18(7-4-15)30-25(32)20(9-17-5-8-22-23(10-17)34-14-33-22)29-26(30)36-13-21(31)19(11-27)24-28-16(2)12-35-24/h3-10,12,19H,13-14H2,1-2H3/b20-9-/t19-/m1/s1. The molecule has 36 heavy (non-hydrogen) atoms. The van der Waals surface area contributed by atoms with Gasteiger partial charge in [0.25, 0.3) is 5.91 Å². The van der Waals surface area contributed by atoms with Crippen LogP contribution in [-0.4, -0.2) is 34.4 Å². The molecule has 0 fully saturated rings. The van der Waals surface area contributed by atoms with Gasteiger partial charge in [0.1, 0.15) is 10.7 Å². The molecule has 10 heteroatoms. The summed E-state index contributed by atoms with van der Waals surface area (Å²) in [6.07, 6.45) is 1.68. The van der Waals surface area contributed by atoms with E-state index in [0.717, 1.165) is 28.6 Å². The molecule has 0 N–H and O–H groups in total. The van der Waals surface area contributed by atoms with Crippen LogP contribution in [0.1, 0.15) is 27.7 Å². The minimum Gasteiger partial charge on any atom is -0.454 e. The number of rotatable bonds is 6. The van der Waals surface area contributed by atoms with Crippen molar-refractivity contribution in [2.24, 2.45) is 4.99 Å². The Morgan fingerprint density at radius 2 is 2.00 bits per heavy atom. The lowest BCUT2D eigenvalue weighted by Crippen LogP contribution is -2.31. The lowest BCUT2D eigenvalue weighted by molar-refractivity contribution is -0.117. The van der Waals surface area contributed by atoms with Crippen molar-refractivity contribution in [2.45, 2.75) is 19.8 Å². The first kappa shape index (κ1) is 23.8. The third kappa shape index (κ3) is 4.76. The van der Waals surface area contributed by atoms with Crippen LogP contribution in [-0.2, 0) is 9.59 Å². The molecule has 1 atom stereocenters. The fourth-order valence-electron chi connectivity index (χ4n) is 3.66. The maximum atomic E-state index is 13.4. The van der Waals surface area contributed by atoms with Crippen LogP contribution in [0.25, 0.3) is 6.08 Å². The predicted molar refractivity (Wildman–Crippen MR) is 139 cm³/mol. The summed E-state index contributed by atoms with van der Waals surface area (Å²) in [5, 5.41) is 12.2. The summed E-state index contributed by atoms with van der Waals surface area (Å²) in [5.74, 6) is -0.317. The molecule has 0 bridgehead atoms. The molecular weight excluding hydrogens is 496 g/mol. The second-order valence-corrected chi connectivity index (χ2v) is 9.99. The minimum atomic E-state index is -0.953. The topological polar surface area (TPSA) is 105 Å². The van der Waals surface area contributed by atoms with Gasteiger partial charge in [-0.2, -0.15) is 5.26 Å². The Hall–Kier alpha value is -3.94. The van der Waals surface area contributed by atoms with E-state index in [-0.39, 0.29) is 29.9 Å². The molecule has 5 rings (SSSR count). The van der Waals surface area contributed by atoms with Crippen molar-refractivity contribution < 1.29 is 19.1 Å². The third-order valence-corrected chi connectivity index (χ3v) is 7.49. The number of carbonyl (C=O) groups excluding carboxylic acids is 2. The lowest BCUT2D eigenvalue weighted by atomic mass is 10.1. The summed E-state index contributed by atoms with van der Waals surface area (Å²) >= 11 is 2.42. The van der Waals surface area contributed by atoms with Crippen molar-refractivity contribution in [3.63, 3.8) is 0 Å². The van der Waals surface area contributed by atoms with Gasteiger partial charge >= 0.3 is 0 Å². The molecule has 2 aliphatic heterocycles. The van der Waals surface area contributed by atoms with Crippen molar-refractivity contribution in [1.82, 2.24) is 4.98 Å². The number of anilines is 1. The second-order valence-electron chi connectivity index (χ2n) is 8.16. The fourth-order valence-corrected chi connectivity index (χ4v) is 5.44. The highest BCUT2D eigenvalue weighted by Crippen LogP contribution is 2.35. The van der Waals surface area contributed by atoms with Gasteiger partial charge < -0.3 is 9.47 Å². The number of thiazole rings is 1. The van der Waals surface area contributed by atoms with Crippen LogP contribution in [0.4, 0.5) is 5.69 Å². The van der Waals surface area contributed by atoms with Crippen molar-refractivity contribution in [2.75, 3.05) is 17.4 Å². The number of nitrogens with zero attached hydrogens (tertiary/aromatic N) is 4. The molecule has 3 heterocycles. The molecule has 0 radical (unpaired) electrons. The fraction of sp³-hybridized carbons (Fsp3) is 0.192. The van der Waals surface area contributed by atoms with E-state index in [4.69, 9.17) is 9.47 Å². The van der Waals surface area contributed by atoms with Crippen LogP contribution < -0.4 is 14.4 Å². The number of aliphatic imine (C=N–C) groups is 1. The smallest absolute Gasteiger partial charge is 0.283 e. The number of hydrogen-bond donors (Lipinski definition) is 0. The molecule has 0 saturated heterocycles. The number of benzene rings is 2. The number of aromatic nitrogens is 1. The quantitative estimate of drug-likeness (QED) is 0.432. The van der Waals surface area contributed by atoms with E-state index in [0.29, 0.717) is 27.4 Å². The van der Waals surface area contributed by atoms with Gasteiger partial charge in [0.15, 0.2) is 28.4 Å². The number of nitriles is 1. The van der Waals surface area contributed by atoms with Gasteiger partial charge in [-0.15, -0.1) is 11.3 Å². The Morgan fingerprint density at radius 1 is 1.22 bits per heavy atom. The monoisotopic (exact) mass is 516 g/mol. The van der Waals surface area contributed by atoms with E-state index in [1.54, 1.807) is 18.2 Å². The number of carbonyl (C=O) groups is 2. The first-order chi connectivity index (χ1) is 17.4. The highest BCUT2D eigenvalue weighted by atomic mass is 32.2. The summed E-state index contributed by atoms with van der Waals surface area (Å²) < 4.78 is 10.8. The Labute approximate surface area is 215 Å². The average Bonchev–Trinajstić information content (AvgIpc) is 3.58. The maximum absolute atomic E-state index is 13.4. The van der Waals surface area contributed by atoms with Gasteiger partial charge in [0, 0.05) is 11.1 Å². The molecule has 1 aromatic heterocycles. The van der Waals surface area contributed by atoms with E-state index < -0.39 is 5.92 Å². The second kappa shape index (κ2) is 9.97. The zero-order valence-electron chi connectivity index (χ0n) is 19.4. The largest absolute Gasteiger partial charge is 0.454 e. The number of amides is 1. The van der Waals surface area contributed by atoms with Crippen LogP contribution in [0, 0.1) is 25.2 Å². The zero-order valence-corrected chi connectivity index (χ0v) is 21.1. The number of fused-ring (bicyclic) bond motifs is 1. The van der Waals surface area contributed by atoms with E-state index in [1.807, 2.05) is 49.6 Å². The number of ether oxygens (including phenoxy) is 2. The maximum Gasteiger partial charge on any atom is 0.283 e. The third-order valence-electron chi connectivity index (χ3n) is 5.50. The molecule has 2 aromatic carbocycles. The molecule has 0 saturated carbocycles. The number of thioether (sulfide) groups is 1. The summed E-state index contributed by atoms with van der Waals surface area (Å²) in [7, 11) is 0. The van der Waals surface area contributed by atoms with Crippen molar-refractivity contribution in [3.8, 4) is 17.6 Å². The van der Waals surface area contributed by atoms with Crippen LogP contribution in [0.2, 0.25) is 0 Å². The Balaban J connectivity index is 1.42. The number of ketones is 1. The Bertz CT molecular complexity index is 1450. The summed E-state index contributed by atoms with van der Waals surface area (Å²) in [5.41, 5.74) is 3.44. The molecule has 0 aliphatic carbocycles. The first-order valence-corrected chi connectivity index (χ1v) is 12.9. The molecule has 3 aromatic rings. The zero-order chi connectivity index (χ0) is 25.2. The molecule has 180 valence electrons. The van der Waals surface area contributed by atoms with Crippen LogP contribution >= 0.6 is 23.1 Å². The van der Waals surface area contributed by atoms with E-state index in [9.17, 15) is 14.9 Å². The van der Waals surface area contributed by atoms with E-state index >= 15 is 0 Å². The molecule has 1 amide bonds. The molecule has 0 spiro atoms.